The van der Waals surface area contributed by atoms with Crippen LogP contribution in [-0.2, 0) is 26.9 Å². The van der Waals surface area contributed by atoms with Crippen molar-refractivity contribution in [1.82, 2.24) is 5.32 Å². The van der Waals surface area contributed by atoms with Crippen molar-refractivity contribution in [3.8, 4) is 0 Å². The third-order valence-corrected chi connectivity index (χ3v) is 6.36. The number of amides is 1. The fraction of sp³-hybridized carbons (Fsp3) is 0.273. The first-order valence-corrected chi connectivity index (χ1v) is 10.9. The number of hydrogen-bond acceptors (Lipinski definition) is 6. The summed E-state index contributed by atoms with van der Waals surface area (Å²) in [5, 5.41) is 19.3. The molecule has 1 saturated heterocycles. The van der Waals surface area contributed by atoms with Crippen molar-refractivity contribution in [1.29, 1.82) is 0 Å². The first kappa shape index (κ1) is 22.8. The Bertz CT molecular complexity index is 1140. The van der Waals surface area contributed by atoms with E-state index in [0.29, 0.717) is 28.3 Å². The third-order valence-electron chi connectivity index (χ3n) is 5.12. The van der Waals surface area contributed by atoms with Gasteiger partial charge in [0.05, 0.1) is 17.7 Å². The van der Waals surface area contributed by atoms with E-state index in [9.17, 15) is 22.8 Å². The van der Waals surface area contributed by atoms with Gasteiger partial charge in [0.1, 0.15) is 0 Å². The van der Waals surface area contributed by atoms with Gasteiger partial charge in [0.25, 0.3) is 5.91 Å². The summed E-state index contributed by atoms with van der Waals surface area (Å²) in [6.07, 6.45) is -5.78. The van der Waals surface area contributed by atoms with Gasteiger partial charge in [-0.3, -0.25) is 14.9 Å². The van der Waals surface area contributed by atoms with Crippen molar-refractivity contribution in [2.75, 3.05) is 5.75 Å². The molecule has 1 fully saturated rings. The Morgan fingerprint density at radius 2 is 1.94 bits per heavy atom. The largest absolute Gasteiger partial charge is 0.481 e. The van der Waals surface area contributed by atoms with Gasteiger partial charge < -0.3 is 9.84 Å². The number of nitrogens with zero attached hydrogens (tertiary/aromatic N) is 2. The van der Waals surface area contributed by atoms with Crippen molar-refractivity contribution >= 4 is 35.4 Å². The molecule has 0 saturated carbocycles. The van der Waals surface area contributed by atoms with E-state index in [0.717, 1.165) is 17.7 Å². The summed E-state index contributed by atoms with van der Waals surface area (Å²) in [4.78, 5) is 23.4. The molecule has 2 aliphatic heterocycles. The first-order valence-electron chi connectivity index (χ1n) is 9.94. The molecule has 172 valence electrons. The fourth-order valence-electron chi connectivity index (χ4n) is 3.56. The smallest absolute Gasteiger partial charge is 0.416 e. The topological polar surface area (TPSA) is 100 Å². The number of fused-ring (bicyclic) bond motifs is 1. The van der Waals surface area contributed by atoms with E-state index in [1.165, 1.54) is 17.8 Å². The Kier molecular flexibility index (Phi) is 6.41. The van der Waals surface area contributed by atoms with Crippen LogP contribution in [0.1, 0.15) is 23.1 Å². The Morgan fingerprint density at radius 3 is 2.64 bits per heavy atom. The monoisotopic (exact) mass is 477 g/mol. The van der Waals surface area contributed by atoms with Crippen LogP contribution in [0.4, 0.5) is 13.2 Å². The highest BCUT2D eigenvalue weighted by molar-refractivity contribution is 7.99. The van der Waals surface area contributed by atoms with Crippen LogP contribution in [0.25, 0.3) is 0 Å². The number of carbonyl (C=O) groups excluding carboxylic acids is 1. The molecule has 0 spiro atoms. The van der Waals surface area contributed by atoms with E-state index in [4.69, 9.17) is 9.84 Å². The van der Waals surface area contributed by atoms with Gasteiger partial charge in [-0.25, -0.2) is 0 Å². The second-order valence-electron chi connectivity index (χ2n) is 7.49. The van der Waals surface area contributed by atoms with Gasteiger partial charge in [-0.05, 0) is 30.2 Å². The van der Waals surface area contributed by atoms with Crippen molar-refractivity contribution in [2.45, 2.75) is 30.0 Å². The van der Waals surface area contributed by atoms with Crippen LogP contribution in [0.15, 0.2) is 63.6 Å². The third kappa shape index (κ3) is 5.36. The lowest BCUT2D eigenvalue weighted by molar-refractivity contribution is -0.141. The molecule has 0 bridgehead atoms. The van der Waals surface area contributed by atoms with Crippen molar-refractivity contribution in [3.05, 3.63) is 65.2 Å². The van der Waals surface area contributed by atoms with Crippen molar-refractivity contribution in [3.63, 3.8) is 0 Å². The number of carboxylic acid groups (broad SMARTS) is 1. The van der Waals surface area contributed by atoms with Gasteiger partial charge >= 0.3 is 18.2 Å². The van der Waals surface area contributed by atoms with Crippen LogP contribution in [0.5, 0.6) is 0 Å². The number of aliphatic carboxylic acids is 1. The van der Waals surface area contributed by atoms with Gasteiger partial charge in [-0.2, -0.15) is 13.2 Å². The summed E-state index contributed by atoms with van der Waals surface area (Å²) in [6, 6.07) is 12.7. The maximum absolute atomic E-state index is 13.4. The summed E-state index contributed by atoms with van der Waals surface area (Å²) >= 11 is 1.44. The van der Waals surface area contributed by atoms with Gasteiger partial charge in [0, 0.05) is 22.1 Å². The van der Waals surface area contributed by atoms with Gasteiger partial charge in [0.2, 0.25) is 0 Å². The minimum absolute atomic E-state index is 0.246. The van der Waals surface area contributed by atoms with Gasteiger partial charge in [-0.1, -0.05) is 35.4 Å². The number of amidine groups is 1. The first-order chi connectivity index (χ1) is 15.7. The van der Waals surface area contributed by atoms with Crippen LogP contribution in [0.2, 0.25) is 0 Å². The summed E-state index contributed by atoms with van der Waals surface area (Å²) in [5.41, 5.74) is 0.851. The minimum atomic E-state index is -4.52. The lowest BCUT2D eigenvalue weighted by Gasteiger charge is -2.26. The molecule has 0 aliphatic carbocycles. The number of carboxylic acids is 1. The number of halogens is 3. The van der Waals surface area contributed by atoms with Gasteiger partial charge in [-0.15, -0.1) is 16.9 Å². The zero-order valence-electron chi connectivity index (χ0n) is 17.0. The molecule has 33 heavy (non-hydrogen) atoms. The number of rotatable bonds is 5. The van der Waals surface area contributed by atoms with E-state index in [2.05, 4.69) is 15.5 Å². The number of alkyl halides is 3. The molecule has 7 nitrogen and oxygen atoms in total. The zero-order valence-corrected chi connectivity index (χ0v) is 17.8. The highest BCUT2D eigenvalue weighted by atomic mass is 32.2. The Hall–Kier alpha value is -3.34. The molecule has 2 aromatic rings. The summed E-state index contributed by atoms with van der Waals surface area (Å²) in [6.45, 7) is 0. The molecule has 11 heteroatoms. The molecule has 2 heterocycles. The number of carbonyl (C=O) groups is 2. The normalized spacial score (nSPS) is 22.7. The molecule has 0 aromatic heterocycles. The molecule has 1 amide bonds. The minimum Gasteiger partial charge on any atom is -0.481 e. The highest BCUT2D eigenvalue weighted by Crippen LogP contribution is 2.39. The van der Waals surface area contributed by atoms with Crippen molar-refractivity contribution in [2.24, 2.45) is 16.1 Å². The fourth-order valence-corrected chi connectivity index (χ4v) is 4.70. The molecule has 4 rings (SSSR count). The molecule has 0 radical (unpaired) electrons. The van der Waals surface area contributed by atoms with Crippen LogP contribution in [0, 0.1) is 5.92 Å². The molecule has 2 aromatic carbocycles. The number of nitrogens with one attached hydrogen (secondary N) is 1. The van der Waals surface area contributed by atoms with E-state index in [-0.39, 0.29) is 11.9 Å². The number of thioether (sulfide) groups is 1. The molecular formula is C22H18F3N3O4S. The lowest BCUT2D eigenvalue weighted by Crippen LogP contribution is -2.27. The van der Waals surface area contributed by atoms with Crippen LogP contribution >= 0.6 is 11.8 Å². The second kappa shape index (κ2) is 9.26. The van der Waals surface area contributed by atoms with Crippen LogP contribution in [-0.4, -0.2) is 40.6 Å². The van der Waals surface area contributed by atoms with Crippen LogP contribution < -0.4 is 5.32 Å². The summed E-state index contributed by atoms with van der Waals surface area (Å²) < 4.78 is 45.3. The maximum atomic E-state index is 13.4. The number of hydrogen-bond donors (Lipinski definition) is 2. The SMILES string of the molecule is O=C(O)CC1OC(=NN=C2c3cc(C(F)(F)F)ccc3SCC2Cc2ccccc2)NC1=O. The van der Waals surface area contributed by atoms with Crippen molar-refractivity contribution < 1.29 is 32.6 Å². The molecule has 2 N–H and O–H groups in total. The lowest BCUT2D eigenvalue weighted by atomic mass is 9.90. The Labute approximate surface area is 190 Å². The molecular weight excluding hydrogens is 459 g/mol. The Morgan fingerprint density at radius 1 is 1.18 bits per heavy atom. The predicted octanol–water partition coefficient (Wildman–Crippen LogP) is 3.72. The molecule has 2 atom stereocenters. The highest BCUT2D eigenvalue weighted by Gasteiger charge is 2.35. The molecule has 2 aliphatic rings. The number of benzene rings is 2. The summed E-state index contributed by atoms with van der Waals surface area (Å²) in [7, 11) is 0. The average Bonchev–Trinajstić information content (AvgIpc) is 3.11. The van der Waals surface area contributed by atoms with Gasteiger partial charge in [0.15, 0.2) is 6.10 Å². The quantitative estimate of drug-likeness (QED) is 0.640. The average molecular weight is 477 g/mol. The zero-order chi connectivity index (χ0) is 23.6. The van der Waals surface area contributed by atoms with Crippen LogP contribution in [0.3, 0.4) is 0 Å². The molecule has 2 unspecified atom stereocenters. The summed E-state index contributed by atoms with van der Waals surface area (Å²) in [5.74, 6) is -1.56. The second-order valence-corrected chi connectivity index (χ2v) is 8.55. The van der Waals surface area contributed by atoms with E-state index >= 15 is 0 Å². The standard InChI is InChI=1S/C22H18F3N3O4S/c23-22(24,25)14-6-7-17-15(9-14)19(13(11-33-17)8-12-4-2-1-3-5-12)27-28-21-26-20(31)16(32-21)10-18(29)30/h1-7,9,13,16H,8,10-11H2,(H,29,30)(H,26,28,31). The van der Waals surface area contributed by atoms with E-state index in [1.807, 2.05) is 30.3 Å². The number of ether oxygens (including phenoxy) is 1. The van der Waals surface area contributed by atoms with E-state index in [1.54, 1.807) is 0 Å². The Balaban J connectivity index is 1.70. The van der Waals surface area contributed by atoms with E-state index < -0.39 is 36.1 Å². The predicted molar refractivity (Wildman–Crippen MR) is 115 cm³/mol. The maximum Gasteiger partial charge on any atom is 0.416 e.